The molecule has 0 aliphatic heterocycles. The Balaban J connectivity index is 1.18. The molecule has 0 radical (unpaired) electrons. The number of aryl methyl sites for hydroxylation is 2. The van der Waals surface area contributed by atoms with Gasteiger partial charge in [-0.05, 0) is 108 Å². The maximum atomic E-state index is 12.3. The molecule has 2 heterocycles. The first-order valence-corrected chi connectivity index (χ1v) is 21.9. The van der Waals surface area contributed by atoms with Crippen LogP contribution in [0.1, 0.15) is 11.1 Å². The van der Waals surface area contributed by atoms with Crippen LogP contribution in [0.5, 0.6) is 11.5 Å². The van der Waals surface area contributed by atoms with Crippen molar-refractivity contribution in [1.82, 2.24) is 29.9 Å². The normalized spacial score (nSPS) is 12.2. The van der Waals surface area contributed by atoms with Crippen molar-refractivity contribution in [2.75, 3.05) is 10.6 Å². The number of hydrogen-bond donors (Lipinski definition) is 6. The SMILES string of the molecule is Cc1ccc(N=Nc2ccc3cc(S(=O)(=O)O)cc(Nc4nc(Cl)nc(-c5nc(Cl)nc(Nc6cc(S(=O)(=O)O)cc7ccc(N=Nc8ccc(C)cc8)c(O)c67)n5)n4)c3c2O)cc1. The molecule has 20 nitrogen and oxygen atoms in total. The average Bonchev–Trinajstić information content (AvgIpc) is 3.23. The number of azo groups is 2. The summed E-state index contributed by atoms with van der Waals surface area (Å²) in [4.78, 5) is 23.9. The molecule has 0 saturated heterocycles. The predicted molar refractivity (Wildman–Crippen MR) is 237 cm³/mol. The van der Waals surface area contributed by atoms with E-state index in [-0.39, 0.29) is 67.8 Å². The highest BCUT2D eigenvalue weighted by Crippen LogP contribution is 2.43. The van der Waals surface area contributed by atoms with Gasteiger partial charge in [-0.25, -0.2) is 0 Å². The first-order valence-electron chi connectivity index (χ1n) is 18.3. The number of anilines is 4. The first kappa shape index (κ1) is 43.3. The second kappa shape index (κ2) is 17.1. The van der Waals surface area contributed by atoms with Crippen LogP contribution in [0, 0.1) is 13.8 Å². The number of halogens is 2. The summed E-state index contributed by atoms with van der Waals surface area (Å²) in [5.74, 6) is -2.14. The van der Waals surface area contributed by atoms with Gasteiger partial charge in [-0.15, -0.1) is 10.2 Å². The Bertz CT molecular complexity index is 3240. The zero-order valence-electron chi connectivity index (χ0n) is 32.7. The molecule has 6 aromatic carbocycles. The number of fused-ring (bicyclic) bond motifs is 2. The highest BCUT2D eigenvalue weighted by Gasteiger charge is 2.22. The fraction of sp³-hybridized carbons (Fsp3) is 0.0500. The summed E-state index contributed by atoms with van der Waals surface area (Å²) in [5, 5.41) is 44.7. The monoisotopic (exact) mass is 938 g/mol. The van der Waals surface area contributed by atoms with Crippen LogP contribution in [-0.2, 0) is 20.2 Å². The molecule has 6 N–H and O–H groups in total. The summed E-state index contributed by atoms with van der Waals surface area (Å²) in [5.41, 5.74) is 2.78. The molecule has 0 saturated carbocycles. The topological polar surface area (TPSA) is 300 Å². The van der Waals surface area contributed by atoms with Gasteiger partial charge in [0.05, 0.1) is 32.5 Å². The number of aromatic nitrogens is 6. The van der Waals surface area contributed by atoms with E-state index in [4.69, 9.17) is 23.2 Å². The minimum absolute atomic E-state index is 0.0102. The third-order valence-corrected chi connectivity index (χ3v) is 11.2. The van der Waals surface area contributed by atoms with Crippen molar-refractivity contribution in [2.24, 2.45) is 20.5 Å². The minimum Gasteiger partial charge on any atom is -0.505 e. The molecular weight excluding hydrogens is 912 g/mol. The maximum Gasteiger partial charge on any atom is 0.294 e. The highest BCUT2D eigenvalue weighted by atomic mass is 35.5. The van der Waals surface area contributed by atoms with Crippen molar-refractivity contribution in [2.45, 2.75) is 23.6 Å². The Kier molecular flexibility index (Phi) is 11.6. The summed E-state index contributed by atoms with van der Waals surface area (Å²) in [6.45, 7) is 3.82. The van der Waals surface area contributed by atoms with Crippen molar-refractivity contribution >= 4 is 111 Å². The summed E-state index contributed by atoms with van der Waals surface area (Å²) < 4.78 is 69.3. The average molecular weight is 940 g/mol. The molecule has 2 aromatic heterocycles. The number of aromatic hydroxyl groups is 2. The van der Waals surface area contributed by atoms with Gasteiger partial charge < -0.3 is 20.8 Å². The largest absolute Gasteiger partial charge is 0.505 e. The van der Waals surface area contributed by atoms with E-state index in [1.165, 1.54) is 24.3 Å². The van der Waals surface area contributed by atoms with Gasteiger partial charge in [-0.1, -0.05) is 47.5 Å². The van der Waals surface area contributed by atoms with Crippen LogP contribution in [0.4, 0.5) is 46.0 Å². The first-order chi connectivity index (χ1) is 30.4. The van der Waals surface area contributed by atoms with Crippen LogP contribution in [0.15, 0.2) is 127 Å². The Hall–Kier alpha value is -7.34. The number of phenols is 2. The molecule has 0 unspecified atom stereocenters. The third kappa shape index (κ3) is 9.51. The Morgan fingerprint density at radius 3 is 1.23 bits per heavy atom. The van der Waals surface area contributed by atoms with Crippen LogP contribution in [0.2, 0.25) is 10.6 Å². The molecule has 0 bridgehead atoms. The number of benzene rings is 6. The van der Waals surface area contributed by atoms with Crippen LogP contribution >= 0.6 is 23.2 Å². The van der Waals surface area contributed by atoms with Crippen molar-refractivity contribution in [3.63, 3.8) is 0 Å². The van der Waals surface area contributed by atoms with Crippen LogP contribution in [-0.4, -0.2) is 66.1 Å². The summed E-state index contributed by atoms with van der Waals surface area (Å²) >= 11 is 12.7. The summed E-state index contributed by atoms with van der Waals surface area (Å²) in [6, 6.07) is 24.3. The van der Waals surface area contributed by atoms with E-state index in [0.29, 0.717) is 11.4 Å². The fourth-order valence-corrected chi connectivity index (χ4v) is 7.58. The Morgan fingerprint density at radius 2 is 0.875 bits per heavy atom. The lowest BCUT2D eigenvalue weighted by atomic mass is 10.1. The molecule has 0 aliphatic carbocycles. The van der Waals surface area contributed by atoms with E-state index < -0.39 is 52.1 Å². The number of phenolic OH excluding ortho intramolecular Hbond substituents is 2. The second-order valence-corrected chi connectivity index (χ2v) is 17.3. The second-order valence-electron chi connectivity index (χ2n) is 13.8. The molecule has 322 valence electrons. The van der Waals surface area contributed by atoms with Gasteiger partial charge in [0.25, 0.3) is 20.2 Å². The van der Waals surface area contributed by atoms with Gasteiger partial charge in [0.2, 0.25) is 34.1 Å². The maximum absolute atomic E-state index is 12.3. The molecule has 0 spiro atoms. The van der Waals surface area contributed by atoms with Gasteiger partial charge in [-0.3, -0.25) is 9.11 Å². The molecule has 24 heteroatoms. The van der Waals surface area contributed by atoms with Crippen LogP contribution < -0.4 is 10.6 Å². The zero-order chi connectivity index (χ0) is 45.5. The third-order valence-electron chi connectivity index (χ3n) is 9.20. The zero-order valence-corrected chi connectivity index (χ0v) is 35.8. The molecule has 0 amide bonds. The lowest BCUT2D eigenvalue weighted by Gasteiger charge is -2.14. The predicted octanol–water partition coefficient (Wildman–Crippen LogP) is 10.2. The minimum atomic E-state index is -4.79. The number of nitrogens with one attached hydrogen (secondary N) is 2. The summed E-state index contributed by atoms with van der Waals surface area (Å²) in [6.07, 6.45) is 0. The lowest BCUT2D eigenvalue weighted by Crippen LogP contribution is -2.07. The van der Waals surface area contributed by atoms with Gasteiger partial charge in [0, 0.05) is 10.8 Å². The Labute approximate surface area is 372 Å². The molecular formula is C40H28Cl2N12O8S2. The van der Waals surface area contributed by atoms with E-state index in [0.717, 1.165) is 35.4 Å². The smallest absolute Gasteiger partial charge is 0.294 e. The van der Waals surface area contributed by atoms with Crippen LogP contribution in [0.25, 0.3) is 33.2 Å². The molecule has 0 atom stereocenters. The molecule has 64 heavy (non-hydrogen) atoms. The number of hydrogen-bond acceptors (Lipinski definition) is 18. The summed E-state index contributed by atoms with van der Waals surface area (Å²) in [7, 11) is -9.57. The molecule has 8 rings (SSSR count). The van der Waals surface area contributed by atoms with Crippen LogP contribution in [0.3, 0.4) is 0 Å². The van der Waals surface area contributed by atoms with E-state index >= 15 is 0 Å². The molecule has 8 aromatic rings. The van der Waals surface area contributed by atoms with E-state index in [2.05, 4.69) is 61.0 Å². The van der Waals surface area contributed by atoms with E-state index in [1.54, 1.807) is 24.3 Å². The standard InChI is InChI=1S/C40H28Cl2N12O8S2/c1-19-3-9-23(10-4-19)51-53-27-13-7-21-15-25(63(57,58)59)17-29(31(21)33(27)55)43-39-47-35(45-37(41)49-39)36-46-38(42)50-40(48-36)44-30-18-26(64(60,61)62)16-22-8-14-28(34(56)32(22)30)54-52-24-11-5-20(2)6-12-24/h3-18,55-56H,1-2H3,(H,57,58,59)(H,60,61,62)(H,43,45,47,49)(H,44,46,48,50). The fourth-order valence-electron chi connectivity index (χ4n) is 6.17. The highest BCUT2D eigenvalue weighted by molar-refractivity contribution is 7.86. The van der Waals surface area contributed by atoms with Crippen molar-refractivity contribution in [1.29, 1.82) is 0 Å². The molecule has 0 fully saturated rings. The molecule has 0 aliphatic rings. The van der Waals surface area contributed by atoms with Gasteiger partial charge in [0.15, 0.2) is 11.5 Å². The van der Waals surface area contributed by atoms with E-state index in [9.17, 15) is 36.2 Å². The van der Waals surface area contributed by atoms with Crippen molar-refractivity contribution < 1.29 is 36.2 Å². The van der Waals surface area contributed by atoms with Gasteiger partial charge >= 0.3 is 0 Å². The quantitative estimate of drug-likeness (QED) is 0.0519. The van der Waals surface area contributed by atoms with Gasteiger partial charge in [0.1, 0.15) is 11.4 Å². The number of nitrogens with zero attached hydrogens (tertiary/aromatic N) is 10. The lowest BCUT2D eigenvalue weighted by molar-refractivity contribution is 0.480. The van der Waals surface area contributed by atoms with E-state index in [1.807, 2.05) is 38.1 Å². The van der Waals surface area contributed by atoms with Crippen molar-refractivity contribution in [3.05, 3.63) is 119 Å². The number of rotatable bonds is 11. The van der Waals surface area contributed by atoms with Crippen molar-refractivity contribution in [3.8, 4) is 23.1 Å². The Morgan fingerprint density at radius 1 is 0.500 bits per heavy atom. The van der Waals surface area contributed by atoms with Gasteiger partial charge in [-0.2, -0.15) is 57.0 Å².